The highest BCUT2D eigenvalue weighted by Crippen LogP contribution is 2.26. The molecule has 1 fully saturated rings. The third-order valence-electron chi connectivity index (χ3n) is 4.05. The summed E-state index contributed by atoms with van der Waals surface area (Å²) < 4.78 is 31.7. The first-order chi connectivity index (χ1) is 12.3. The van der Waals surface area contributed by atoms with Crippen molar-refractivity contribution in [3.05, 3.63) is 47.5 Å². The summed E-state index contributed by atoms with van der Waals surface area (Å²) in [7, 11) is 0. The fourth-order valence-corrected chi connectivity index (χ4v) is 2.84. The molecule has 1 saturated heterocycles. The van der Waals surface area contributed by atoms with Gasteiger partial charge in [0.05, 0.1) is 5.69 Å². The number of aryl methyl sites for hydroxylation is 1. The molecular formula is C17H21F3N4O2. The Morgan fingerprint density at radius 3 is 2.58 bits per heavy atom. The average molecular weight is 370 g/mol. The highest BCUT2D eigenvalue weighted by Gasteiger charge is 2.38. The summed E-state index contributed by atoms with van der Waals surface area (Å²) in [5.41, 5.74) is 3.71. The van der Waals surface area contributed by atoms with E-state index in [9.17, 15) is 13.2 Å². The molecule has 0 spiro atoms. The fourth-order valence-electron chi connectivity index (χ4n) is 2.84. The number of aromatic amines is 1. The Kier molecular flexibility index (Phi) is 6.73. The minimum Gasteiger partial charge on any atom is -0.475 e. The van der Waals surface area contributed by atoms with E-state index >= 15 is 0 Å². The van der Waals surface area contributed by atoms with Gasteiger partial charge in [-0.2, -0.15) is 18.3 Å². The monoisotopic (exact) mass is 370 g/mol. The molecule has 1 aliphatic rings. The number of halogens is 3. The predicted octanol–water partition coefficient (Wildman–Crippen LogP) is 3.13. The van der Waals surface area contributed by atoms with Gasteiger partial charge in [0.1, 0.15) is 0 Å². The number of aromatic nitrogens is 3. The van der Waals surface area contributed by atoms with Gasteiger partial charge in [0.15, 0.2) is 0 Å². The predicted molar refractivity (Wildman–Crippen MR) is 88.5 cm³/mol. The van der Waals surface area contributed by atoms with Crippen LogP contribution in [0.25, 0.3) is 0 Å². The molecule has 9 heteroatoms. The first kappa shape index (κ1) is 19.9. The van der Waals surface area contributed by atoms with Crippen LogP contribution in [0.4, 0.5) is 13.2 Å². The molecule has 1 atom stereocenters. The normalized spacial score (nSPS) is 18.1. The molecule has 0 aromatic carbocycles. The summed E-state index contributed by atoms with van der Waals surface area (Å²) >= 11 is 0. The van der Waals surface area contributed by atoms with E-state index in [-0.39, 0.29) is 0 Å². The third kappa shape index (κ3) is 6.14. The van der Waals surface area contributed by atoms with Gasteiger partial charge in [-0.05, 0) is 50.1 Å². The summed E-state index contributed by atoms with van der Waals surface area (Å²) in [6, 6.07) is 6.38. The van der Waals surface area contributed by atoms with E-state index in [4.69, 9.17) is 9.90 Å². The quantitative estimate of drug-likeness (QED) is 0.868. The van der Waals surface area contributed by atoms with Crippen LogP contribution in [-0.4, -0.2) is 50.4 Å². The Bertz CT molecular complexity index is 704. The maximum atomic E-state index is 10.6. The second-order valence-electron chi connectivity index (χ2n) is 6.21. The lowest BCUT2D eigenvalue weighted by molar-refractivity contribution is -0.192. The van der Waals surface area contributed by atoms with Gasteiger partial charge in [0, 0.05) is 37.1 Å². The van der Waals surface area contributed by atoms with E-state index in [2.05, 4.69) is 45.2 Å². The highest BCUT2D eigenvalue weighted by molar-refractivity contribution is 5.73. The molecule has 142 valence electrons. The Hall–Kier alpha value is -2.42. The van der Waals surface area contributed by atoms with E-state index in [0.717, 1.165) is 18.8 Å². The molecule has 1 unspecified atom stereocenters. The molecule has 3 rings (SSSR count). The lowest BCUT2D eigenvalue weighted by Crippen LogP contribution is -2.34. The number of hydrogen-bond acceptors (Lipinski definition) is 4. The molecule has 0 saturated carbocycles. The minimum absolute atomic E-state index is 0.570. The summed E-state index contributed by atoms with van der Waals surface area (Å²) in [5, 5.41) is 14.6. The molecule has 3 heterocycles. The number of carboxylic acid groups (broad SMARTS) is 1. The van der Waals surface area contributed by atoms with E-state index in [1.165, 1.54) is 30.6 Å². The number of hydrogen-bond donors (Lipinski definition) is 2. The lowest BCUT2D eigenvalue weighted by atomic mass is 9.94. The molecule has 1 aliphatic heterocycles. The minimum atomic E-state index is -5.08. The van der Waals surface area contributed by atoms with Gasteiger partial charge < -0.3 is 5.11 Å². The van der Waals surface area contributed by atoms with Gasteiger partial charge in [-0.1, -0.05) is 0 Å². The van der Waals surface area contributed by atoms with Crippen molar-refractivity contribution >= 4 is 5.97 Å². The smallest absolute Gasteiger partial charge is 0.475 e. The standard InChI is InChI=1S/C15H20N4.C2HF3O2/c1-12-9-15(18-17-12)14-3-2-8-19(11-14)10-13-4-6-16-7-5-13;3-2(4,5)1(6)7/h4-7,9,14H,2-3,8,10-11H2,1H3,(H,17,18);(H,6,7). The van der Waals surface area contributed by atoms with E-state index in [1.807, 2.05) is 12.4 Å². The van der Waals surface area contributed by atoms with E-state index in [0.29, 0.717) is 5.92 Å². The zero-order valence-corrected chi connectivity index (χ0v) is 14.3. The van der Waals surface area contributed by atoms with Crippen molar-refractivity contribution < 1.29 is 23.1 Å². The highest BCUT2D eigenvalue weighted by atomic mass is 19.4. The van der Waals surface area contributed by atoms with Crippen molar-refractivity contribution in [2.24, 2.45) is 0 Å². The molecule has 2 aromatic heterocycles. The summed E-state index contributed by atoms with van der Waals surface area (Å²) in [6.45, 7) is 5.37. The van der Waals surface area contributed by atoms with Crippen LogP contribution >= 0.6 is 0 Å². The van der Waals surface area contributed by atoms with Crippen LogP contribution in [0, 0.1) is 6.92 Å². The molecule has 0 radical (unpaired) electrons. The Balaban J connectivity index is 0.000000298. The van der Waals surface area contributed by atoms with Crippen LogP contribution in [0.5, 0.6) is 0 Å². The average Bonchev–Trinajstić information content (AvgIpc) is 3.02. The molecule has 2 aromatic rings. The van der Waals surface area contributed by atoms with Crippen molar-refractivity contribution in [2.75, 3.05) is 13.1 Å². The van der Waals surface area contributed by atoms with Crippen molar-refractivity contribution in [3.63, 3.8) is 0 Å². The number of alkyl halides is 3. The maximum Gasteiger partial charge on any atom is 0.490 e. The number of rotatable bonds is 3. The molecule has 6 nitrogen and oxygen atoms in total. The van der Waals surface area contributed by atoms with Crippen molar-refractivity contribution in [2.45, 2.75) is 38.4 Å². The van der Waals surface area contributed by atoms with Gasteiger partial charge in [0.2, 0.25) is 0 Å². The van der Waals surface area contributed by atoms with Crippen LogP contribution in [0.15, 0.2) is 30.6 Å². The van der Waals surface area contributed by atoms with Crippen LogP contribution in [0.2, 0.25) is 0 Å². The maximum absolute atomic E-state index is 10.6. The first-order valence-corrected chi connectivity index (χ1v) is 8.19. The fraction of sp³-hybridized carbons (Fsp3) is 0.471. The molecule has 0 bridgehead atoms. The molecule has 2 N–H and O–H groups in total. The number of nitrogens with one attached hydrogen (secondary N) is 1. The molecule has 0 aliphatic carbocycles. The van der Waals surface area contributed by atoms with Gasteiger partial charge in [-0.3, -0.25) is 15.0 Å². The number of pyridine rings is 1. The van der Waals surface area contributed by atoms with Crippen molar-refractivity contribution in [1.29, 1.82) is 0 Å². The SMILES string of the molecule is Cc1cc(C2CCCN(Cc3ccncc3)C2)n[nH]1.O=C(O)C(F)(F)F. The summed E-state index contributed by atoms with van der Waals surface area (Å²) in [4.78, 5) is 15.5. The van der Waals surface area contributed by atoms with Gasteiger partial charge in [-0.15, -0.1) is 0 Å². The van der Waals surface area contributed by atoms with E-state index < -0.39 is 12.1 Å². The zero-order valence-electron chi connectivity index (χ0n) is 14.3. The van der Waals surface area contributed by atoms with Crippen LogP contribution in [0.3, 0.4) is 0 Å². The molecule has 26 heavy (non-hydrogen) atoms. The van der Waals surface area contributed by atoms with Gasteiger partial charge in [-0.25, -0.2) is 4.79 Å². The Labute approximate surface area is 149 Å². The number of piperidine rings is 1. The topological polar surface area (TPSA) is 82.1 Å². The number of carboxylic acids is 1. The third-order valence-corrected chi connectivity index (χ3v) is 4.05. The van der Waals surface area contributed by atoms with Crippen molar-refractivity contribution in [3.8, 4) is 0 Å². The summed E-state index contributed by atoms with van der Waals surface area (Å²) in [6.07, 6.45) is 1.15. The first-order valence-electron chi connectivity index (χ1n) is 8.19. The zero-order chi connectivity index (χ0) is 19.2. The lowest BCUT2D eigenvalue weighted by Gasteiger charge is -2.31. The second-order valence-corrected chi connectivity index (χ2v) is 6.21. The summed E-state index contributed by atoms with van der Waals surface area (Å²) in [5.74, 6) is -2.19. The van der Waals surface area contributed by atoms with Crippen LogP contribution in [0.1, 0.15) is 35.7 Å². The van der Waals surface area contributed by atoms with Gasteiger partial charge >= 0.3 is 12.1 Å². The number of nitrogens with zero attached hydrogens (tertiary/aromatic N) is 3. The number of H-pyrrole nitrogens is 1. The Morgan fingerprint density at radius 2 is 2.04 bits per heavy atom. The van der Waals surface area contributed by atoms with Crippen molar-refractivity contribution in [1.82, 2.24) is 20.1 Å². The van der Waals surface area contributed by atoms with Gasteiger partial charge in [0.25, 0.3) is 0 Å². The molecular weight excluding hydrogens is 349 g/mol. The number of likely N-dealkylation sites (tertiary alicyclic amines) is 1. The number of aliphatic carboxylic acids is 1. The van der Waals surface area contributed by atoms with Crippen LogP contribution < -0.4 is 0 Å². The second kappa shape index (κ2) is 8.79. The largest absolute Gasteiger partial charge is 0.490 e. The van der Waals surface area contributed by atoms with Crippen LogP contribution in [-0.2, 0) is 11.3 Å². The molecule has 0 amide bonds. The number of carbonyl (C=O) groups is 1. The van der Waals surface area contributed by atoms with E-state index in [1.54, 1.807) is 0 Å². The Morgan fingerprint density at radius 1 is 1.38 bits per heavy atom.